The van der Waals surface area contributed by atoms with Gasteiger partial charge in [-0.3, -0.25) is 0 Å². The van der Waals surface area contributed by atoms with Crippen LogP contribution in [0, 0.1) is 9.39 Å². The van der Waals surface area contributed by atoms with E-state index < -0.39 is 0 Å². The highest BCUT2D eigenvalue weighted by Crippen LogP contribution is 2.30. The van der Waals surface area contributed by atoms with Crippen LogP contribution in [0.4, 0.5) is 4.39 Å². The minimum Gasteiger partial charge on any atom is -0.236 e. The second kappa shape index (κ2) is 6.34. The lowest BCUT2D eigenvalue weighted by Gasteiger charge is -2.20. The summed E-state index contributed by atoms with van der Waals surface area (Å²) < 4.78 is 13.9. The number of halogens is 4. The van der Waals surface area contributed by atoms with Gasteiger partial charge in [0.1, 0.15) is 16.8 Å². The Balaban J connectivity index is 2.43. The first-order chi connectivity index (χ1) is 9.68. The molecule has 0 saturated carbocycles. The number of rotatable bonds is 2. The van der Waals surface area contributed by atoms with E-state index in [9.17, 15) is 4.39 Å². The fourth-order valence-corrected chi connectivity index (χ4v) is 3.35. The molecule has 0 unspecified atom stereocenters. The molecule has 0 aliphatic carbocycles. The van der Waals surface area contributed by atoms with E-state index in [-0.39, 0.29) is 11.2 Å². The Hall–Kier alpha value is -0.460. The van der Waals surface area contributed by atoms with Crippen LogP contribution in [0.1, 0.15) is 37.9 Å². The van der Waals surface area contributed by atoms with Crippen molar-refractivity contribution in [1.29, 1.82) is 0 Å². The lowest BCUT2D eigenvalue weighted by Crippen LogP contribution is -2.18. The summed E-state index contributed by atoms with van der Waals surface area (Å²) in [6.45, 7) is 6.22. The topological polar surface area (TPSA) is 25.8 Å². The van der Waals surface area contributed by atoms with Gasteiger partial charge in [-0.05, 0) is 40.3 Å². The Morgan fingerprint density at radius 3 is 2.43 bits per heavy atom. The summed E-state index contributed by atoms with van der Waals surface area (Å²) in [5, 5.41) is 0.800. The monoisotopic (exact) mass is 438 g/mol. The number of benzene rings is 1. The van der Waals surface area contributed by atoms with Crippen LogP contribution in [0.5, 0.6) is 0 Å². The smallest absolute Gasteiger partial charge is 0.146 e. The molecule has 0 aliphatic heterocycles. The van der Waals surface area contributed by atoms with Crippen molar-refractivity contribution in [3.8, 4) is 0 Å². The first-order valence-electron chi connectivity index (χ1n) is 6.35. The molecule has 0 radical (unpaired) electrons. The molecule has 6 heteroatoms. The molecule has 1 aromatic heterocycles. The third-order valence-corrected chi connectivity index (χ3v) is 4.90. The van der Waals surface area contributed by atoms with Crippen LogP contribution in [0.3, 0.4) is 0 Å². The third kappa shape index (κ3) is 4.05. The molecule has 2 aromatic rings. The molecule has 0 saturated heterocycles. The van der Waals surface area contributed by atoms with E-state index in [0.29, 0.717) is 22.4 Å². The van der Waals surface area contributed by atoms with Crippen molar-refractivity contribution in [3.63, 3.8) is 0 Å². The maximum Gasteiger partial charge on any atom is 0.146 e. The fraction of sp³-hybridized carbons (Fsp3) is 0.333. The molecule has 0 fully saturated rings. The van der Waals surface area contributed by atoms with Gasteiger partial charge in [-0.1, -0.05) is 50.0 Å². The normalized spacial score (nSPS) is 11.8. The summed E-state index contributed by atoms with van der Waals surface area (Å²) in [4.78, 5) is 8.91. The summed E-state index contributed by atoms with van der Waals surface area (Å²) in [6.07, 6.45) is 0.416. The maximum atomic E-state index is 13.1. The van der Waals surface area contributed by atoms with E-state index in [1.54, 1.807) is 6.07 Å². The van der Waals surface area contributed by atoms with Crippen molar-refractivity contribution in [2.75, 3.05) is 0 Å². The number of hydrogen-bond acceptors (Lipinski definition) is 2. The van der Waals surface area contributed by atoms with Crippen molar-refractivity contribution < 1.29 is 4.39 Å². The van der Waals surface area contributed by atoms with Gasteiger partial charge in [0, 0.05) is 16.9 Å². The molecular weight excluding hydrogens is 425 g/mol. The molecule has 0 spiro atoms. The van der Waals surface area contributed by atoms with Crippen molar-refractivity contribution in [2.24, 2.45) is 0 Å². The molecule has 1 aromatic carbocycles. The predicted octanol–water partition coefficient (Wildman–Crippen LogP) is 5.42. The largest absolute Gasteiger partial charge is 0.236 e. The van der Waals surface area contributed by atoms with Crippen LogP contribution in [0.25, 0.3) is 0 Å². The predicted molar refractivity (Wildman–Crippen MR) is 92.7 cm³/mol. The quantitative estimate of drug-likeness (QED) is 0.462. The van der Waals surface area contributed by atoms with Gasteiger partial charge in [0.25, 0.3) is 0 Å². The standard InChI is InChI=1S/C15H14Cl2FIN2/c1-15(2,3)13-12(19)14(17)21-11(20-13)6-8-4-5-9(18)7-10(8)16/h4-5,7H,6H2,1-3H3. The summed E-state index contributed by atoms with van der Waals surface area (Å²) in [5.74, 6) is 0.222. The molecule has 0 bridgehead atoms. The third-order valence-electron chi connectivity index (χ3n) is 2.93. The Morgan fingerprint density at radius 1 is 1.19 bits per heavy atom. The van der Waals surface area contributed by atoms with E-state index >= 15 is 0 Å². The molecule has 0 amide bonds. The molecule has 2 rings (SSSR count). The van der Waals surface area contributed by atoms with E-state index in [4.69, 9.17) is 23.2 Å². The number of aromatic nitrogens is 2. The first kappa shape index (κ1) is 16.9. The van der Waals surface area contributed by atoms with Crippen LogP contribution in [-0.2, 0) is 11.8 Å². The molecule has 1 heterocycles. The van der Waals surface area contributed by atoms with E-state index in [0.717, 1.165) is 14.8 Å². The van der Waals surface area contributed by atoms with Crippen LogP contribution in [0.2, 0.25) is 10.2 Å². The molecule has 0 N–H and O–H groups in total. The summed E-state index contributed by atoms with van der Waals surface area (Å²) >= 11 is 14.4. The molecule has 2 nitrogen and oxygen atoms in total. The second-order valence-electron chi connectivity index (χ2n) is 5.76. The Labute approximate surface area is 147 Å². The van der Waals surface area contributed by atoms with Gasteiger partial charge in [-0.2, -0.15) is 0 Å². The lowest BCUT2D eigenvalue weighted by molar-refractivity contribution is 0.558. The summed E-state index contributed by atoms with van der Waals surface area (Å²) in [5.41, 5.74) is 1.54. The highest BCUT2D eigenvalue weighted by Gasteiger charge is 2.22. The highest BCUT2D eigenvalue weighted by atomic mass is 127. The minimum atomic E-state index is -0.360. The Bertz CT molecular complexity index is 684. The SMILES string of the molecule is CC(C)(C)c1nc(Cc2ccc(F)cc2Cl)nc(Cl)c1I. The zero-order chi connectivity index (χ0) is 15.8. The minimum absolute atomic E-state index is 0.134. The average Bonchev–Trinajstić information content (AvgIpc) is 2.35. The Morgan fingerprint density at radius 2 is 1.86 bits per heavy atom. The zero-order valence-electron chi connectivity index (χ0n) is 11.8. The van der Waals surface area contributed by atoms with Gasteiger partial charge < -0.3 is 0 Å². The second-order valence-corrected chi connectivity index (χ2v) is 7.60. The molecular formula is C15H14Cl2FIN2. The first-order valence-corrected chi connectivity index (χ1v) is 8.18. The van der Waals surface area contributed by atoms with Gasteiger partial charge >= 0.3 is 0 Å². The lowest BCUT2D eigenvalue weighted by atomic mass is 9.92. The van der Waals surface area contributed by atoms with Crippen LogP contribution < -0.4 is 0 Å². The molecule has 112 valence electrons. The number of nitrogens with zero attached hydrogens (tertiary/aromatic N) is 2. The highest BCUT2D eigenvalue weighted by molar-refractivity contribution is 14.1. The summed E-state index contributed by atoms with van der Waals surface area (Å²) in [6, 6.07) is 4.31. The van der Waals surface area contributed by atoms with E-state index in [1.165, 1.54) is 12.1 Å². The van der Waals surface area contributed by atoms with Gasteiger partial charge in [-0.25, -0.2) is 14.4 Å². The van der Waals surface area contributed by atoms with Crippen LogP contribution in [-0.4, -0.2) is 9.97 Å². The van der Waals surface area contributed by atoms with Gasteiger partial charge in [0.2, 0.25) is 0 Å². The molecule has 0 atom stereocenters. The van der Waals surface area contributed by atoms with E-state index in [1.807, 2.05) is 0 Å². The average molecular weight is 439 g/mol. The van der Waals surface area contributed by atoms with Crippen LogP contribution >= 0.6 is 45.8 Å². The van der Waals surface area contributed by atoms with Gasteiger partial charge in [0.05, 0.1) is 9.26 Å². The van der Waals surface area contributed by atoms with Crippen molar-refractivity contribution in [3.05, 3.63) is 54.8 Å². The van der Waals surface area contributed by atoms with E-state index in [2.05, 4.69) is 53.3 Å². The zero-order valence-corrected chi connectivity index (χ0v) is 15.5. The van der Waals surface area contributed by atoms with Crippen LogP contribution in [0.15, 0.2) is 18.2 Å². The van der Waals surface area contributed by atoms with Crippen molar-refractivity contribution in [1.82, 2.24) is 9.97 Å². The number of hydrogen-bond donors (Lipinski definition) is 0. The maximum absolute atomic E-state index is 13.1. The van der Waals surface area contributed by atoms with Crippen molar-refractivity contribution >= 4 is 45.8 Å². The van der Waals surface area contributed by atoms with Crippen molar-refractivity contribution in [2.45, 2.75) is 32.6 Å². The molecule has 0 aliphatic rings. The Kier molecular flexibility index (Phi) is 5.11. The summed E-state index contributed by atoms with van der Waals surface area (Å²) in [7, 11) is 0. The fourth-order valence-electron chi connectivity index (χ4n) is 1.87. The van der Waals surface area contributed by atoms with Gasteiger partial charge in [0.15, 0.2) is 0 Å². The molecule has 21 heavy (non-hydrogen) atoms. The van der Waals surface area contributed by atoms with Gasteiger partial charge in [-0.15, -0.1) is 0 Å².